The molecule has 0 aliphatic carbocycles. The Bertz CT molecular complexity index is 707. The van der Waals surface area contributed by atoms with E-state index in [1.54, 1.807) is 36.4 Å². The van der Waals surface area contributed by atoms with Gasteiger partial charge in [-0.3, -0.25) is 9.59 Å². The molecule has 0 bridgehead atoms. The topological polar surface area (TPSA) is 67.4 Å². The van der Waals surface area contributed by atoms with E-state index in [1.165, 1.54) is 0 Å². The summed E-state index contributed by atoms with van der Waals surface area (Å²) in [5.74, 6) is 0.411. The second-order valence-corrected chi connectivity index (χ2v) is 6.12. The minimum Gasteiger partial charge on any atom is -0.484 e. The first-order chi connectivity index (χ1) is 12.2. The summed E-state index contributed by atoms with van der Waals surface area (Å²) in [5, 5.41) is 6.22. The van der Waals surface area contributed by atoms with Gasteiger partial charge in [-0.05, 0) is 43.7 Å². The third-order valence-electron chi connectivity index (χ3n) is 4.18. The maximum atomic E-state index is 12.3. The van der Waals surface area contributed by atoms with Crippen LogP contribution in [0, 0.1) is 0 Å². The van der Waals surface area contributed by atoms with Crippen molar-refractivity contribution in [3.8, 4) is 5.75 Å². The van der Waals surface area contributed by atoms with E-state index in [1.807, 2.05) is 18.2 Å². The van der Waals surface area contributed by atoms with Crippen LogP contribution in [0.3, 0.4) is 0 Å². The van der Waals surface area contributed by atoms with Crippen LogP contribution in [0.2, 0.25) is 0 Å². The fourth-order valence-electron chi connectivity index (χ4n) is 2.85. The molecule has 5 nitrogen and oxygen atoms in total. The zero-order valence-electron chi connectivity index (χ0n) is 14.0. The molecule has 2 aromatic rings. The Labute approximate surface area is 147 Å². The molecular weight excluding hydrogens is 316 g/mol. The smallest absolute Gasteiger partial charge is 0.258 e. The highest BCUT2D eigenvalue weighted by Crippen LogP contribution is 2.15. The Morgan fingerprint density at radius 2 is 1.76 bits per heavy atom. The summed E-state index contributed by atoms with van der Waals surface area (Å²) in [4.78, 5) is 24.3. The number of ketones is 1. The maximum absolute atomic E-state index is 12.3. The summed E-state index contributed by atoms with van der Waals surface area (Å²) in [7, 11) is 0. The van der Waals surface area contributed by atoms with Gasteiger partial charge in [0.05, 0.1) is 0 Å². The number of hydrogen-bond donors (Lipinski definition) is 2. The Hall–Kier alpha value is -2.66. The van der Waals surface area contributed by atoms with Gasteiger partial charge in [-0.1, -0.05) is 30.3 Å². The molecule has 130 valence electrons. The second-order valence-electron chi connectivity index (χ2n) is 6.12. The van der Waals surface area contributed by atoms with Crippen molar-refractivity contribution in [1.29, 1.82) is 0 Å². The number of piperidine rings is 1. The summed E-state index contributed by atoms with van der Waals surface area (Å²) in [6.07, 6.45) is 2.07. The van der Waals surface area contributed by atoms with E-state index in [4.69, 9.17) is 4.74 Å². The lowest BCUT2D eigenvalue weighted by atomic mass is 10.0. The predicted octanol–water partition coefficient (Wildman–Crippen LogP) is 2.16. The number of rotatable bonds is 6. The van der Waals surface area contributed by atoms with Crippen molar-refractivity contribution in [3.63, 3.8) is 0 Å². The average Bonchev–Trinajstić information content (AvgIpc) is 2.68. The van der Waals surface area contributed by atoms with Gasteiger partial charge in [-0.25, -0.2) is 0 Å². The average molecular weight is 338 g/mol. The Morgan fingerprint density at radius 1 is 1.04 bits per heavy atom. The second kappa shape index (κ2) is 8.44. The predicted molar refractivity (Wildman–Crippen MR) is 95.8 cm³/mol. The monoisotopic (exact) mass is 338 g/mol. The van der Waals surface area contributed by atoms with Gasteiger partial charge in [-0.2, -0.15) is 0 Å². The first-order valence-electron chi connectivity index (χ1n) is 8.55. The Kier molecular flexibility index (Phi) is 5.80. The maximum Gasteiger partial charge on any atom is 0.258 e. The van der Waals surface area contributed by atoms with Gasteiger partial charge in [0.15, 0.2) is 12.4 Å². The van der Waals surface area contributed by atoms with E-state index >= 15 is 0 Å². The molecule has 0 aromatic heterocycles. The first kappa shape index (κ1) is 17.2. The van der Waals surface area contributed by atoms with Crippen molar-refractivity contribution in [2.24, 2.45) is 0 Å². The van der Waals surface area contributed by atoms with Gasteiger partial charge in [0, 0.05) is 23.7 Å². The van der Waals surface area contributed by atoms with E-state index in [0.717, 1.165) is 25.9 Å². The molecule has 1 fully saturated rings. The van der Waals surface area contributed by atoms with Crippen molar-refractivity contribution >= 4 is 11.7 Å². The molecule has 5 heteroatoms. The number of carbonyl (C=O) groups excluding carboxylic acids is 2. The molecule has 1 saturated heterocycles. The Morgan fingerprint density at radius 3 is 2.44 bits per heavy atom. The minimum atomic E-state index is -0.127. The zero-order chi connectivity index (χ0) is 17.5. The molecule has 25 heavy (non-hydrogen) atoms. The van der Waals surface area contributed by atoms with Crippen LogP contribution in [0.15, 0.2) is 54.6 Å². The van der Waals surface area contributed by atoms with E-state index in [9.17, 15) is 9.59 Å². The number of ether oxygens (including phenoxy) is 1. The summed E-state index contributed by atoms with van der Waals surface area (Å²) in [5.41, 5.74) is 1.24. The van der Waals surface area contributed by atoms with Crippen LogP contribution in [0.5, 0.6) is 5.75 Å². The van der Waals surface area contributed by atoms with Crippen LogP contribution in [0.1, 0.15) is 28.8 Å². The van der Waals surface area contributed by atoms with Crippen molar-refractivity contribution in [2.45, 2.75) is 18.9 Å². The number of carbonyl (C=O) groups is 2. The van der Waals surface area contributed by atoms with E-state index < -0.39 is 0 Å². The minimum absolute atomic E-state index is 0.0253. The van der Waals surface area contributed by atoms with Gasteiger partial charge in [0.1, 0.15) is 5.75 Å². The molecule has 3 rings (SSSR count). The Balaban J connectivity index is 1.50. The summed E-state index contributed by atoms with van der Waals surface area (Å²) < 4.78 is 5.51. The summed E-state index contributed by atoms with van der Waals surface area (Å²) >= 11 is 0. The summed E-state index contributed by atoms with van der Waals surface area (Å²) in [6.45, 7) is 1.79. The van der Waals surface area contributed by atoms with Gasteiger partial charge in [-0.15, -0.1) is 0 Å². The van der Waals surface area contributed by atoms with Gasteiger partial charge < -0.3 is 15.4 Å². The highest BCUT2D eigenvalue weighted by atomic mass is 16.5. The van der Waals surface area contributed by atoms with Crippen molar-refractivity contribution < 1.29 is 14.3 Å². The lowest BCUT2D eigenvalue weighted by Gasteiger charge is -2.23. The van der Waals surface area contributed by atoms with Gasteiger partial charge in [0.25, 0.3) is 5.91 Å². The third kappa shape index (κ3) is 4.90. The first-order valence-corrected chi connectivity index (χ1v) is 8.55. The van der Waals surface area contributed by atoms with Crippen LogP contribution < -0.4 is 15.4 Å². The largest absolute Gasteiger partial charge is 0.484 e. The summed E-state index contributed by atoms with van der Waals surface area (Å²) in [6, 6.07) is 16.2. The van der Waals surface area contributed by atoms with Gasteiger partial charge in [0.2, 0.25) is 0 Å². The number of hydrogen-bond acceptors (Lipinski definition) is 4. The van der Waals surface area contributed by atoms with Crippen LogP contribution in [0.4, 0.5) is 0 Å². The molecule has 0 unspecified atom stereocenters. The molecule has 1 atom stereocenters. The van der Waals surface area contributed by atoms with Crippen molar-refractivity contribution in [1.82, 2.24) is 10.6 Å². The number of benzene rings is 2. The highest BCUT2D eigenvalue weighted by Gasteiger charge is 2.15. The highest BCUT2D eigenvalue weighted by molar-refractivity contribution is 6.08. The third-order valence-corrected chi connectivity index (χ3v) is 4.18. The van der Waals surface area contributed by atoms with Crippen molar-refractivity contribution in [3.05, 3.63) is 65.7 Å². The zero-order valence-corrected chi connectivity index (χ0v) is 14.0. The van der Waals surface area contributed by atoms with E-state index in [2.05, 4.69) is 10.6 Å². The molecule has 0 saturated carbocycles. The molecule has 0 radical (unpaired) electrons. The van der Waals surface area contributed by atoms with Crippen LogP contribution in [0.25, 0.3) is 0 Å². The molecule has 2 N–H and O–H groups in total. The SMILES string of the molecule is O=C(COc1ccc(C(=O)c2ccccc2)cc1)N[C@H]1CCCNC1. The van der Waals surface area contributed by atoms with Crippen LogP contribution in [-0.4, -0.2) is 37.4 Å². The molecule has 1 aliphatic heterocycles. The van der Waals surface area contributed by atoms with E-state index in [-0.39, 0.29) is 24.3 Å². The quantitative estimate of drug-likeness (QED) is 0.792. The molecule has 1 amide bonds. The molecule has 1 heterocycles. The fourth-order valence-corrected chi connectivity index (χ4v) is 2.85. The number of nitrogens with one attached hydrogen (secondary N) is 2. The lowest BCUT2D eigenvalue weighted by molar-refractivity contribution is -0.123. The van der Waals surface area contributed by atoms with E-state index in [0.29, 0.717) is 16.9 Å². The van der Waals surface area contributed by atoms with Crippen molar-refractivity contribution in [2.75, 3.05) is 19.7 Å². The molecule has 1 aliphatic rings. The van der Waals surface area contributed by atoms with Gasteiger partial charge >= 0.3 is 0 Å². The number of amides is 1. The molecule has 0 spiro atoms. The molecule has 2 aromatic carbocycles. The fraction of sp³-hybridized carbons (Fsp3) is 0.300. The van der Waals surface area contributed by atoms with Crippen LogP contribution in [-0.2, 0) is 4.79 Å². The normalized spacial score (nSPS) is 16.9. The standard InChI is InChI=1S/C20H22N2O3/c23-19(22-17-7-4-12-21-13-17)14-25-18-10-8-16(9-11-18)20(24)15-5-2-1-3-6-15/h1-3,5-6,8-11,17,21H,4,7,12-14H2,(H,22,23)/t17-/m0/s1. The molecular formula is C20H22N2O3. The lowest BCUT2D eigenvalue weighted by Crippen LogP contribution is -2.46. The van der Waals surface area contributed by atoms with Crippen LogP contribution >= 0.6 is 0 Å².